The second-order valence-corrected chi connectivity index (χ2v) is 2.54. The van der Waals surface area contributed by atoms with Crippen LogP contribution in [-0.2, 0) is 0 Å². The van der Waals surface area contributed by atoms with Gasteiger partial charge < -0.3 is 5.11 Å². The Bertz CT molecular complexity index is 273. The summed E-state index contributed by atoms with van der Waals surface area (Å²) in [4.78, 5) is 0. The summed E-state index contributed by atoms with van der Waals surface area (Å²) >= 11 is 5.40. The number of phenolic OH excluding ortho intramolecular Hbond substituents is 1. The van der Waals surface area contributed by atoms with Crippen molar-refractivity contribution in [3.05, 3.63) is 28.3 Å². The molecule has 4 heteroatoms. The van der Waals surface area contributed by atoms with Gasteiger partial charge in [0.1, 0.15) is 0 Å². The summed E-state index contributed by atoms with van der Waals surface area (Å²) < 4.78 is 25.1. The molecule has 0 bridgehead atoms. The van der Waals surface area contributed by atoms with Crippen molar-refractivity contribution in [2.45, 2.75) is 6.92 Å². The van der Waals surface area contributed by atoms with Gasteiger partial charge in [0.05, 0.1) is 0 Å². The molecule has 0 aliphatic rings. The first-order chi connectivity index (χ1) is 5.04. The summed E-state index contributed by atoms with van der Waals surface area (Å²) in [6.45, 7) is 1.36. The zero-order valence-electron chi connectivity index (χ0n) is 5.66. The van der Waals surface area contributed by atoms with Crippen molar-refractivity contribution in [3.8, 4) is 5.75 Å². The van der Waals surface area contributed by atoms with E-state index in [1.54, 1.807) is 0 Å². The summed E-state index contributed by atoms with van der Waals surface area (Å²) in [6, 6.07) is 0.870. The highest BCUT2D eigenvalue weighted by Crippen LogP contribution is 2.28. The summed E-state index contributed by atoms with van der Waals surface area (Å²) in [5.41, 5.74) is 0.0468. The molecule has 0 spiro atoms. The second-order valence-electron chi connectivity index (χ2n) is 2.13. The number of halogens is 3. The van der Waals surface area contributed by atoms with Gasteiger partial charge in [0, 0.05) is 10.6 Å². The van der Waals surface area contributed by atoms with Gasteiger partial charge in [0.2, 0.25) is 0 Å². The minimum absolute atomic E-state index is 0.0298. The van der Waals surface area contributed by atoms with Crippen LogP contribution in [0.3, 0.4) is 0 Å². The quantitative estimate of drug-likeness (QED) is 0.648. The fraction of sp³-hybridized carbons (Fsp3) is 0.143. The summed E-state index contributed by atoms with van der Waals surface area (Å²) in [5, 5.41) is 8.67. The van der Waals surface area contributed by atoms with E-state index in [1.165, 1.54) is 6.92 Å². The highest BCUT2D eigenvalue weighted by molar-refractivity contribution is 6.31. The number of rotatable bonds is 0. The van der Waals surface area contributed by atoms with E-state index in [-0.39, 0.29) is 10.6 Å². The fourth-order valence-electron chi connectivity index (χ4n) is 0.675. The van der Waals surface area contributed by atoms with E-state index < -0.39 is 17.4 Å². The molecule has 0 aliphatic carbocycles. The van der Waals surface area contributed by atoms with Gasteiger partial charge in [-0.25, -0.2) is 8.78 Å². The number of phenols is 1. The molecule has 0 atom stereocenters. The second kappa shape index (κ2) is 2.66. The Labute approximate surface area is 67.2 Å². The third-order valence-corrected chi connectivity index (χ3v) is 1.77. The predicted molar refractivity (Wildman–Crippen MR) is 37.8 cm³/mol. The highest BCUT2D eigenvalue weighted by atomic mass is 35.5. The maximum absolute atomic E-state index is 12.7. The van der Waals surface area contributed by atoms with Crippen LogP contribution in [0.2, 0.25) is 5.02 Å². The molecular weight excluding hydrogens is 174 g/mol. The lowest BCUT2D eigenvalue weighted by atomic mass is 10.2. The first kappa shape index (κ1) is 8.27. The molecule has 0 radical (unpaired) electrons. The molecule has 0 aromatic heterocycles. The molecule has 0 heterocycles. The zero-order valence-corrected chi connectivity index (χ0v) is 6.41. The molecule has 0 unspecified atom stereocenters. The van der Waals surface area contributed by atoms with Crippen molar-refractivity contribution in [2.24, 2.45) is 0 Å². The lowest BCUT2D eigenvalue weighted by molar-refractivity contribution is 0.394. The third-order valence-electron chi connectivity index (χ3n) is 1.38. The smallest absolute Gasteiger partial charge is 0.188 e. The van der Waals surface area contributed by atoms with E-state index in [4.69, 9.17) is 16.7 Å². The highest BCUT2D eigenvalue weighted by Gasteiger charge is 2.12. The number of aromatic hydroxyl groups is 1. The Hall–Kier alpha value is -0.830. The monoisotopic (exact) mass is 178 g/mol. The van der Waals surface area contributed by atoms with Crippen molar-refractivity contribution < 1.29 is 13.9 Å². The first-order valence-electron chi connectivity index (χ1n) is 2.87. The summed E-state index contributed by atoms with van der Waals surface area (Å²) in [5.74, 6) is -3.03. The van der Waals surface area contributed by atoms with Crippen molar-refractivity contribution in [1.82, 2.24) is 0 Å². The third kappa shape index (κ3) is 1.28. The first-order valence-corrected chi connectivity index (χ1v) is 3.25. The molecule has 0 amide bonds. The Morgan fingerprint density at radius 1 is 1.45 bits per heavy atom. The van der Waals surface area contributed by atoms with Crippen LogP contribution in [0.4, 0.5) is 8.78 Å². The minimum Gasteiger partial charge on any atom is -0.503 e. The topological polar surface area (TPSA) is 20.2 Å². The van der Waals surface area contributed by atoms with Crippen LogP contribution >= 0.6 is 11.6 Å². The Kier molecular flexibility index (Phi) is 2.00. The van der Waals surface area contributed by atoms with Crippen LogP contribution in [0.1, 0.15) is 5.56 Å². The largest absolute Gasteiger partial charge is 0.503 e. The molecule has 1 aromatic carbocycles. The molecule has 60 valence electrons. The minimum atomic E-state index is -1.04. The van der Waals surface area contributed by atoms with Gasteiger partial charge in [-0.2, -0.15) is 0 Å². The van der Waals surface area contributed by atoms with Gasteiger partial charge in [-0.1, -0.05) is 11.6 Å². The van der Waals surface area contributed by atoms with Gasteiger partial charge in [-0.15, -0.1) is 0 Å². The van der Waals surface area contributed by atoms with Gasteiger partial charge in [-0.05, 0) is 13.0 Å². The Morgan fingerprint density at radius 2 is 2.00 bits per heavy atom. The standard InChI is InChI=1S/C7H5ClF2O/c1-3-4(8)2-5(9)7(11)6(3)10/h2,11H,1H3. The van der Waals surface area contributed by atoms with Crippen LogP contribution in [0.15, 0.2) is 6.07 Å². The van der Waals surface area contributed by atoms with E-state index >= 15 is 0 Å². The maximum Gasteiger partial charge on any atom is 0.188 e. The molecule has 11 heavy (non-hydrogen) atoms. The molecule has 1 rings (SSSR count). The molecule has 1 nitrogen and oxygen atoms in total. The molecule has 1 aromatic rings. The zero-order chi connectivity index (χ0) is 8.59. The van der Waals surface area contributed by atoms with Crippen molar-refractivity contribution in [3.63, 3.8) is 0 Å². The van der Waals surface area contributed by atoms with Gasteiger partial charge in [-0.3, -0.25) is 0 Å². The average molecular weight is 179 g/mol. The average Bonchev–Trinajstić information content (AvgIpc) is 1.97. The molecule has 0 saturated heterocycles. The SMILES string of the molecule is Cc1c(Cl)cc(F)c(O)c1F. The lowest BCUT2D eigenvalue weighted by Gasteiger charge is -2.02. The molecule has 0 fully saturated rings. The normalized spacial score (nSPS) is 10.2. The van der Waals surface area contributed by atoms with E-state index in [0.29, 0.717) is 0 Å². The van der Waals surface area contributed by atoms with Crippen molar-refractivity contribution >= 4 is 11.6 Å². The summed E-state index contributed by atoms with van der Waals surface area (Å²) in [6.07, 6.45) is 0. The van der Waals surface area contributed by atoms with Gasteiger partial charge in [0.25, 0.3) is 0 Å². The number of hydrogen-bond donors (Lipinski definition) is 1. The van der Waals surface area contributed by atoms with Crippen molar-refractivity contribution in [1.29, 1.82) is 0 Å². The Morgan fingerprint density at radius 3 is 2.55 bits per heavy atom. The van der Waals surface area contributed by atoms with E-state index in [2.05, 4.69) is 0 Å². The van der Waals surface area contributed by atoms with Gasteiger partial charge in [0.15, 0.2) is 17.4 Å². The number of hydrogen-bond acceptors (Lipinski definition) is 1. The summed E-state index contributed by atoms with van der Waals surface area (Å²) in [7, 11) is 0. The van der Waals surface area contributed by atoms with Crippen LogP contribution in [-0.4, -0.2) is 5.11 Å². The van der Waals surface area contributed by atoms with E-state index in [1.807, 2.05) is 0 Å². The molecule has 0 aliphatic heterocycles. The number of benzene rings is 1. The van der Waals surface area contributed by atoms with E-state index in [9.17, 15) is 8.78 Å². The maximum atomic E-state index is 12.7. The lowest BCUT2D eigenvalue weighted by Crippen LogP contribution is -1.88. The van der Waals surface area contributed by atoms with Crippen LogP contribution in [0, 0.1) is 18.6 Å². The molecule has 1 N–H and O–H groups in total. The van der Waals surface area contributed by atoms with Crippen LogP contribution in [0.5, 0.6) is 5.75 Å². The predicted octanol–water partition coefficient (Wildman–Crippen LogP) is 2.63. The molecule has 0 saturated carbocycles. The van der Waals surface area contributed by atoms with Crippen LogP contribution < -0.4 is 0 Å². The van der Waals surface area contributed by atoms with Crippen molar-refractivity contribution in [2.75, 3.05) is 0 Å². The van der Waals surface area contributed by atoms with E-state index in [0.717, 1.165) is 6.07 Å². The molecular formula is C7H5ClF2O. The Balaban J connectivity index is 3.46. The van der Waals surface area contributed by atoms with Crippen LogP contribution in [0.25, 0.3) is 0 Å². The van der Waals surface area contributed by atoms with Gasteiger partial charge >= 0.3 is 0 Å². The fourth-order valence-corrected chi connectivity index (χ4v) is 0.854.